The quantitative estimate of drug-likeness (QED) is 0.582. The highest BCUT2D eigenvalue weighted by Gasteiger charge is 2.24. The van der Waals surface area contributed by atoms with E-state index in [1.54, 1.807) is 13.8 Å². The molecule has 1 aromatic rings. The van der Waals surface area contributed by atoms with Gasteiger partial charge in [0.05, 0.1) is 17.1 Å². The van der Waals surface area contributed by atoms with Gasteiger partial charge in [-0.3, -0.25) is 10.1 Å². The average molecular weight is 225 g/mol. The van der Waals surface area contributed by atoms with Gasteiger partial charge in [0.1, 0.15) is 0 Å². The smallest absolute Gasteiger partial charge is 0.314 e. The van der Waals surface area contributed by atoms with Crippen LogP contribution in [0.4, 0.5) is 5.69 Å². The van der Waals surface area contributed by atoms with Gasteiger partial charge in [0, 0.05) is 6.07 Å². The molecule has 0 saturated carbocycles. The van der Waals surface area contributed by atoms with Crippen molar-refractivity contribution in [1.29, 1.82) is 0 Å². The summed E-state index contributed by atoms with van der Waals surface area (Å²) in [5, 5.41) is 10.8. The van der Waals surface area contributed by atoms with Crippen molar-refractivity contribution in [2.24, 2.45) is 0 Å². The van der Waals surface area contributed by atoms with Crippen molar-refractivity contribution >= 4 is 5.69 Å². The Hall–Kier alpha value is -1.98. The zero-order valence-corrected chi connectivity index (χ0v) is 8.93. The number of nitro benzene ring substituents is 1. The molecule has 0 saturated heterocycles. The monoisotopic (exact) mass is 225 g/mol. The predicted octanol–water partition coefficient (Wildman–Crippen LogP) is 2.11. The number of hydrogen-bond donors (Lipinski definition) is 0. The number of nitrogens with zero attached hydrogens (tertiary/aromatic N) is 1. The highest BCUT2D eigenvalue weighted by Crippen LogP contribution is 2.42. The van der Waals surface area contributed by atoms with Crippen LogP contribution in [-0.4, -0.2) is 17.8 Å². The first kappa shape index (κ1) is 10.5. The van der Waals surface area contributed by atoms with Gasteiger partial charge in [-0.15, -0.1) is 0 Å². The molecule has 0 aliphatic carbocycles. The molecule has 0 spiro atoms. The SMILES string of the molecule is CC(C)Oc1cc2c(cc1[N+](=O)[O-])OCO2. The molecule has 1 aromatic carbocycles. The van der Waals surface area contributed by atoms with E-state index in [-0.39, 0.29) is 24.3 Å². The largest absolute Gasteiger partial charge is 0.484 e. The van der Waals surface area contributed by atoms with E-state index in [0.717, 1.165) is 0 Å². The lowest BCUT2D eigenvalue weighted by atomic mass is 10.2. The maximum absolute atomic E-state index is 10.8. The maximum atomic E-state index is 10.8. The third-order valence-corrected chi connectivity index (χ3v) is 2.01. The molecule has 0 unspecified atom stereocenters. The molecule has 0 N–H and O–H groups in total. The average Bonchev–Trinajstić information content (AvgIpc) is 2.62. The summed E-state index contributed by atoms with van der Waals surface area (Å²) in [4.78, 5) is 10.3. The molecule has 2 rings (SSSR count). The van der Waals surface area contributed by atoms with Crippen molar-refractivity contribution in [3.63, 3.8) is 0 Å². The van der Waals surface area contributed by atoms with Gasteiger partial charge < -0.3 is 14.2 Å². The van der Waals surface area contributed by atoms with Crippen LogP contribution in [0.15, 0.2) is 12.1 Å². The summed E-state index contributed by atoms with van der Waals surface area (Å²) in [6, 6.07) is 2.81. The number of ether oxygens (including phenoxy) is 3. The van der Waals surface area contributed by atoms with Crippen LogP contribution in [0.2, 0.25) is 0 Å². The predicted molar refractivity (Wildman–Crippen MR) is 55.0 cm³/mol. The Morgan fingerprint density at radius 2 is 2.00 bits per heavy atom. The standard InChI is InChI=1S/C10H11NO5/c1-6(2)16-8-4-10-9(14-5-15-10)3-7(8)11(12)13/h3-4,6H,5H2,1-2H3. The third-order valence-electron chi connectivity index (χ3n) is 2.01. The summed E-state index contributed by atoms with van der Waals surface area (Å²) in [5.74, 6) is 1.05. The molecule has 0 atom stereocenters. The highest BCUT2D eigenvalue weighted by molar-refractivity contribution is 5.58. The van der Waals surface area contributed by atoms with E-state index in [1.165, 1.54) is 12.1 Å². The van der Waals surface area contributed by atoms with Gasteiger partial charge in [0.25, 0.3) is 0 Å². The van der Waals surface area contributed by atoms with Crippen molar-refractivity contribution in [2.45, 2.75) is 20.0 Å². The molecule has 86 valence electrons. The van der Waals surface area contributed by atoms with Gasteiger partial charge in [-0.25, -0.2) is 0 Å². The molecule has 0 amide bonds. The fourth-order valence-electron chi connectivity index (χ4n) is 1.40. The Labute approximate surface area is 91.9 Å². The van der Waals surface area contributed by atoms with Gasteiger partial charge >= 0.3 is 5.69 Å². The molecule has 1 aliphatic rings. The fourth-order valence-corrected chi connectivity index (χ4v) is 1.40. The second-order valence-corrected chi connectivity index (χ2v) is 3.60. The minimum Gasteiger partial charge on any atom is -0.484 e. The Morgan fingerprint density at radius 1 is 1.38 bits per heavy atom. The van der Waals surface area contributed by atoms with Gasteiger partial charge in [-0.1, -0.05) is 0 Å². The normalized spacial score (nSPS) is 12.9. The molecule has 1 heterocycles. The first-order chi connectivity index (χ1) is 7.58. The van der Waals surface area contributed by atoms with Crippen LogP contribution in [0.3, 0.4) is 0 Å². The van der Waals surface area contributed by atoms with E-state index in [0.29, 0.717) is 11.5 Å². The van der Waals surface area contributed by atoms with E-state index < -0.39 is 4.92 Å². The van der Waals surface area contributed by atoms with E-state index in [4.69, 9.17) is 14.2 Å². The van der Waals surface area contributed by atoms with Crippen LogP contribution in [0, 0.1) is 10.1 Å². The third kappa shape index (κ3) is 1.86. The van der Waals surface area contributed by atoms with Gasteiger partial charge in [0.15, 0.2) is 11.5 Å². The molecule has 16 heavy (non-hydrogen) atoms. The number of benzene rings is 1. The Kier molecular flexibility index (Phi) is 2.55. The Balaban J connectivity index is 2.44. The van der Waals surface area contributed by atoms with Crippen LogP contribution < -0.4 is 14.2 Å². The van der Waals surface area contributed by atoms with Crippen LogP contribution >= 0.6 is 0 Å². The molecule has 6 heteroatoms. The summed E-state index contributed by atoms with van der Waals surface area (Å²) in [6.07, 6.45) is -0.140. The lowest BCUT2D eigenvalue weighted by molar-refractivity contribution is -0.386. The van der Waals surface area contributed by atoms with Crippen molar-refractivity contribution in [1.82, 2.24) is 0 Å². The summed E-state index contributed by atoms with van der Waals surface area (Å²) >= 11 is 0. The molecule has 0 radical (unpaired) electrons. The highest BCUT2D eigenvalue weighted by atomic mass is 16.7. The molecule has 6 nitrogen and oxygen atoms in total. The molecule has 1 aliphatic heterocycles. The molecule has 0 fully saturated rings. The van der Waals surface area contributed by atoms with Gasteiger partial charge in [-0.2, -0.15) is 0 Å². The fraction of sp³-hybridized carbons (Fsp3) is 0.400. The lowest BCUT2D eigenvalue weighted by Crippen LogP contribution is -2.07. The van der Waals surface area contributed by atoms with Crippen molar-refractivity contribution in [2.75, 3.05) is 6.79 Å². The first-order valence-corrected chi connectivity index (χ1v) is 4.82. The first-order valence-electron chi connectivity index (χ1n) is 4.82. The van der Waals surface area contributed by atoms with Crippen molar-refractivity contribution in [3.05, 3.63) is 22.2 Å². The topological polar surface area (TPSA) is 70.8 Å². The minimum absolute atomic E-state index is 0.0810. The van der Waals surface area contributed by atoms with Crippen molar-refractivity contribution < 1.29 is 19.1 Å². The Morgan fingerprint density at radius 3 is 2.56 bits per heavy atom. The zero-order valence-electron chi connectivity index (χ0n) is 8.93. The number of nitro groups is 1. The summed E-state index contributed by atoms with van der Waals surface area (Å²) in [5.41, 5.74) is -0.113. The van der Waals surface area contributed by atoms with E-state index in [1.807, 2.05) is 0 Å². The zero-order chi connectivity index (χ0) is 11.7. The molecular formula is C10H11NO5. The molecule has 0 bridgehead atoms. The number of rotatable bonds is 3. The Bertz CT molecular complexity index is 429. The summed E-state index contributed by atoms with van der Waals surface area (Å²) in [7, 11) is 0. The lowest BCUT2D eigenvalue weighted by Gasteiger charge is -2.10. The second kappa shape index (κ2) is 3.88. The van der Waals surface area contributed by atoms with Crippen LogP contribution in [0.5, 0.6) is 17.2 Å². The van der Waals surface area contributed by atoms with Crippen LogP contribution in [-0.2, 0) is 0 Å². The van der Waals surface area contributed by atoms with Crippen molar-refractivity contribution in [3.8, 4) is 17.2 Å². The van der Waals surface area contributed by atoms with Crippen LogP contribution in [0.1, 0.15) is 13.8 Å². The molecular weight excluding hydrogens is 214 g/mol. The minimum atomic E-state index is -0.500. The van der Waals surface area contributed by atoms with E-state index >= 15 is 0 Å². The van der Waals surface area contributed by atoms with Gasteiger partial charge in [0.2, 0.25) is 12.5 Å². The number of hydrogen-bond acceptors (Lipinski definition) is 5. The van der Waals surface area contributed by atoms with E-state index in [9.17, 15) is 10.1 Å². The maximum Gasteiger partial charge on any atom is 0.314 e. The summed E-state index contributed by atoms with van der Waals surface area (Å²) < 4.78 is 15.6. The second-order valence-electron chi connectivity index (χ2n) is 3.60. The molecule has 0 aromatic heterocycles. The van der Waals surface area contributed by atoms with Gasteiger partial charge in [-0.05, 0) is 13.8 Å². The number of fused-ring (bicyclic) bond motifs is 1. The van der Waals surface area contributed by atoms with E-state index in [2.05, 4.69) is 0 Å². The summed E-state index contributed by atoms with van der Waals surface area (Å²) in [6.45, 7) is 3.68. The van der Waals surface area contributed by atoms with Crippen LogP contribution in [0.25, 0.3) is 0 Å².